The average molecular weight is 444 g/mol. The van der Waals surface area contributed by atoms with Crippen LogP contribution in [0, 0.1) is 18.3 Å². The van der Waals surface area contributed by atoms with Crippen LogP contribution in [-0.4, -0.2) is 79.5 Å². The number of hydrogen-bond donors (Lipinski definition) is 0. The molecule has 0 N–H and O–H groups in total. The molecule has 1 atom stereocenters. The summed E-state index contributed by atoms with van der Waals surface area (Å²) >= 11 is 0. The summed E-state index contributed by atoms with van der Waals surface area (Å²) in [6, 6.07) is 8.11. The topological polar surface area (TPSA) is 70.2 Å². The Morgan fingerprint density at radius 1 is 1.09 bits per heavy atom. The van der Waals surface area contributed by atoms with Crippen LogP contribution >= 0.6 is 0 Å². The van der Waals surface area contributed by atoms with Crippen molar-refractivity contribution >= 4 is 17.9 Å². The molecule has 2 saturated heterocycles. The van der Waals surface area contributed by atoms with Crippen molar-refractivity contribution in [3.63, 3.8) is 0 Å². The van der Waals surface area contributed by atoms with Crippen LogP contribution in [0.4, 0.5) is 4.79 Å². The lowest BCUT2D eigenvalue weighted by Crippen LogP contribution is -2.54. The molecule has 1 unspecified atom stereocenters. The first-order valence-electron chi connectivity index (χ1n) is 11.7. The largest absolute Gasteiger partial charge is 0.466 e. The van der Waals surface area contributed by atoms with Gasteiger partial charge in [0, 0.05) is 46.2 Å². The SMILES string of the molecule is CCOC(=O)C1(Cc2ccccc2C)CCCN(C(=O)C2CCN(C(=O)N(C)C)CC2)C1. The number of rotatable bonds is 5. The van der Waals surface area contributed by atoms with E-state index in [4.69, 9.17) is 4.74 Å². The van der Waals surface area contributed by atoms with Crippen LogP contribution in [0.15, 0.2) is 24.3 Å². The van der Waals surface area contributed by atoms with E-state index in [0.29, 0.717) is 52.0 Å². The number of benzene rings is 1. The molecule has 0 radical (unpaired) electrons. The highest BCUT2D eigenvalue weighted by Gasteiger charge is 2.46. The molecule has 176 valence electrons. The fraction of sp³-hybridized carbons (Fsp3) is 0.640. The van der Waals surface area contributed by atoms with Gasteiger partial charge in [-0.3, -0.25) is 9.59 Å². The van der Waals surface area contributed by atoms with Gasteiger partial charge in [-0.2, -0.15) is 0 Å². The van der Waals surface area contributed by atoms with E-state index in [9.17, 15) is 14.4 Å². The molecular weight excluding hydrogens is 406 g/mol. The highest BCUT2D eigenvalue weighted by atomic mass is 16.5. The number of carbonyl (C=O) groups excluding carboxylic acids is 3. The van der Waals surface area contributed by atoms with E-state index in [2.05, 4.69) is 19.1 Å². The molecule has 0 bridgehead atoms. The van der Waals surface area contributed by atoms with Gasteiger partial charge in [-0.25, -0.2) is 4.79 Å². The molecule has 7 heteroatoms. The lowest BCUT2D eigenvalue weighted by atomic mass is 9.74. The van der Waals surface area contributed by atoms with Crippen LogP contribution in [-0.2, 0) is 20.7 Å². The van der Waals surface area contributed by atoms with Crippen LogP contribution in [0.25, 0.3) is 0 Å². The van der Waals surface area contributed by atoms with Crippen molar-refractivity contribution < 1.29 is 19.1 Å². The van der Waals surface area contributed by atoms with Gasteiger partial charge in [0.15, 0.2) is 0 Å². The van der Waals surface area contributed by atoms with Gasteiger partial charge in [-0.1, -0.05) is 24.3 Å². The Morgan fingerprint density at radius 3 is 2.41 bits per heavy atom. The molecular formula is C25H37N3O4. The Kier molecular flexibility index (Phi) is 7.80. The van der Waals surface area contributed by atoms with Gasteiger partial charge >= 0.3 is 12.0 Å². The Bertz CT molecular complexity index is 832. The molecule has 0 spiro atoms. The third-order valence-corrected chi connectivity index (χ3v) is 6.88. The van der Waals surface area contributed by atoms with Crippen LogP contribution < -0.4 is 0 Å². The number of likely N-dealkylation sites (tertiary alicyclic amines) is 2. The third-order valence-electron chi connectivity index (χ3n) is 6.88. The summed E-state index contributed by atoms with van der Waals surface area (Å²) in [5.41, 5.74) is 1.57. The maximum atomic E-state index is 13.4. The Labute approximate surface area is 191 Å². The Balaban J connectivity index is 1.73. The number of hydrogen-bond acceptors (Lipinski definition) is 4. The van der Waals surface area contributed by atoms with Gasteiger partial charge in [-0.05, 0) is 57.1 Å². The van der Waals surface area contributed by atoms with Crippen molar-refractivity contribution in [1.82, 2.24) is 14.7 Å². The molecule has 3 amide bonds. The maximum Gasteiger partial charge on any atom is 0.319 e. The first-order chi connectivity index (χ1) is 15.3. The average Bonchev–Trinajstić information content (AvgIpc) is 2.80. The molecule has 1 aromatic rings. The summed E-state index contributed by atoms with van der Waals surface area (Å²) in [6.45, 7) is 6.47. The monoisotopic (exact) mass is 443 g/mol. The van der Waals surface area contributed by atoms with Crippen molar-refractivity contribution in [3.05, 3.63) is 35.4 Å². The molecule has 2 heterocycles. The normalized spacial score (nSPS) is 21.9. The predicted molar refractivity (Wildman–Crippen MR) is 123 cm³/mol. The smallest absolute Gasteiger partial charge is 0.319 e. The van der Waals surface area contributed by atoms with Gasteiger partial charge in [0.1, 0.15) is 0 Å². The Morgan fingerprint density at radius 2 is 1.78 bits per heavy atom. The van der Waals surface area contributed by atoms with Gasteiger partial charge in [-0.15, -0.1) is 0 Å². The number of nitrogens with zero attached hydrogens (tertiary/aromatic N) is 3. The number of esters is 1. The molecule has 3 rings (SSSR count). The molecule has 0 aliphatic carbocycles. The number of aryl methyl sites for hydroxylation is 1. The van der Waals surface area contributed by atoms with Crippen molar-refractivity contribution in [2.24, 2.45) is 11.3 Å². The minimum Gasteiger partial charge on any atom is -0.466 e. The first kappa shape index (κ1) is 24.1. The number of amides is 3. The van der Waals surface area contributed by atoms with Crippen molar-refractivity contribution in [1.29, 1.82) is 0 Å². The third kappa shape index (κ3) is 5.25. The molecule has 2 fully saturated rings. The zero-order chi connectivity index (χ0) is 23.3. The van der Waals surface area contributed by atoms with Crippen molar-refractivity contribution in [2.45, 2.75) is 46.0 Å². The second kappa shape index (κ2) is 10.4. The van der Waals surface area contributed by atoms with E-state index < -0.39 is 5.41 Å². The van der Waals surface area contributed by atoms with Crippen LogP contribution in [0.2, 0.25) is 0 Å². The summed E-state index contributed by atoms with van der Waals surface area (Å²) in [5, 5.41) is 0. The number of piperidine rings is 2. The van der Waals surface area contributed by atoms with Gasteiger partial charge in [0.25, 0.3) is 0 Å². The van der Waals surface area contributed by atoms with Crippen LogP contribution in [0.5, 0.6) is 0 Å². The zero-order valence-corrected chi connectivity index (χ0v) is 19.9. The summed E-state index contributed by atoms with van der Waals surface area (Å²) in [6.07, 6.45) is 3.42. The molecule has 1 aromatic carbocycles. The molecule has 2 aliphatic rings. The molecule has 0 aromatic heterocycles. The number of urea groups is 1. The first-order valence-corrected chi connectivity index (χ1v) is 11.7. The number of ether oxygens (including phenoxy) is 1. The summed E-state index contributed by atoms with van der Waals surface area (Å²) < 4.78 is 5.51. The van der Waals surface area contributed by atoms with E-state index in [0.717, 1.165) is 24.0 Å². The summed E-state index contributed by atoms with van der Waals surface area (Å²) in [4.78, 5) is 44.0. The van der Waals surface area contributed by atoms with E-state index in [1.54, 1.807) is 23.9 Å². The second-order valence-corrected chi connectivity index (χ2v) is 9.41. The van der Waals surface area contributed by atoms with Gasteiger partial charge in [0.05, 0.1) is 12.0 Å². The fourth-order valence-electron chi connectivity index (χ4n) is 5.02. The van der Waals surface area contributed by atoms with E-state index >= 15 is 0 Å². The molecule has 2 aliphatic heterocycles. The Hall–Kier alpha value is -2.57. The van der Waals surface area contributed by atoms with E-state index in [-0.39, 0.29) is 23.8 Å². The highest BCUT2D eigenvalue weighted by molar-refractivity contribution is 5.83. The quantitative estimate of drug-likeness (QED) is 0.656. The minimum atomic E-state index is -0.711. The lowest BCUT2D eigenvalue weighted by Gasteiger charge is -2.43. The lowest BCUT2D eigenvalue weighted by molar-refractivity contribution is -0.161. The molecule has 7 nitrogen and oxygen atoms in total. The zero-order valence-electron chi connectivity index (χ0n) is 19.9. The summed E-state index contributed by atoms with van der Waals surface area (Å²) in [7, 11) is 3.49. The highest BCUT2D eigenvalue weighted by Crippen LogP contribution is 2.37. The minimum absolute atomic E-state index is 0.00608. The predicted octanol–water partition coefficient (Wildman–Crippen LogP) is 3.10. The van der Waals surface area contributed by atoms with Gasteiger partial charge in [0.2, 0.25) is 5.91 Å². The maximum absolute atomic E-state index is 13.4. The van der Waals surface area contributed by atoms with Crippen molar-refractivity contribution in [3.8, 4) is 0 Å². The standard InChI is InChI=1S/C25H37N3O4/c1-5-32-23(30)25(17-21-10-7-6-9-19(21)2)13-8-14-28(18-25)22(29)20-11-15-27(16-12-20)24(31)26(3)4/h6-7,9-10,20H,5,8,11-18H2,1-4H3. The van der Waals surface area contributed by atoms with Crippen LogP contribution in [0.1, 0.15) is 43.7 Å². The molecule has 0 saturated carbocycles. The van der Waals surface area contributed by atoms with E-state index in [1.165, 1.54) is 0 Å². The van der Waals surface area contributed by atoms with Gasteiger partial charge < -0.3 is 19.4 Å². The van der Waals surface area contributed by atoms with Crippen molar-refractivity contribution in [2.75, 3.05) is 46.9 Å². The van der Waals surface area contributed by atoms with Crippen LogP contribution in [0.3, 0.4) is 0 Å². The summed E-state index contributed by atoms with van der Waals surface area (Å²) in [5.74, 6) is -0.190. The second-order valence-electron chi connectivity index (χ2n) is 9.41. The van der Waals surface area contributed by atoms with E-state index in [1.807, 2.05) is 24.0 Å². The number of carbonyl (C=O) groups is 3. The molecule has 32 heavy (non-hydrogen) atoms. The fourth-order valence-corrected chi connectivity index (χ4v) is 5.02.